The third-order valence-corrected chi connectivity index (χ3v) is 3.31. The van der Waals surface area contributed by atoms with Crippen molar-refractivity contribution in [1.82, 2.24) is 10.2 Å². The normalized spacial score (nSPS) is 22.5. The zero-order valence-electron chi connectivity index (χ0n) is 11.0. The van der Waals surface area contributed by atoms with E-state index in [1.807, 2.05) is 18.2 Å². The highest BCUT2D eigenvalue weighted by atomic mass is 16.2. The minimum absolute atomic E-state index is 0.0473. The van der Waals surface area contributed by atoms with Crippen molar-refractivity contribution in [2.75, 3.05) is 6.54 Å². The summed E-state index contributed by atoms with van der Waals surface area (Å²) in [6, 6.07) is 8.63. The Kier molecular flexibility index (Phi) is 3.38. The number of rotatable bonds is 4. The molecule has 5 nitrogen and oxygen atoms in total. The largest absolute Gasteiger partial charge is 0.325 e. The first kappa shape index (κ1) is 13.3. The van der Waals surface area contributed by atoms with Crippen molar-refractivity contribution in [3.05, 3.63) is 35.9 Å². The van der Waals surface area contributed by atoms with Gasteiger partial charge in [0.15, 0.2) is 0 Å². The van der Waals surface area contributed by atoms with Crippen molar-refractivity contribution >= 4 is 17.7 Å². The number of ketones is 1. The predicted octanol–water partition coefficient (Wildman–Crippen LogP) is 1.43. The molecule has 0 bridgehead atoms. The van der Waals surface area contributed by atoms with Crippen LogP contribution in [0.2, 0.25) is 0 Å². The number of hydrogen-bond donors (Lipinski definition) is 1. The number of benzene rings is 1. The molecule has 1 N–H and O–H groups in total. The molecule has 0 saturated carbocycles. The van der Waals surface area contributed by atoms with Gasteiger partial charge in [0.1, 0.15) is 11.3 Å². The van der Waals surface area contributed by atoms with Gasteiger partial charge in [0, 0.05) is 13.0 Å². The van der Waals surface area contributed by atoms with Gasteiger partial charge in [-0.25, -0.2) is 4.79 Å². The van der Waals surface area contributed by atoms with E-state index in [2.05, 4.69) is 5.32 Å². The maximum absolute atomic E-state index is 12.4. The number of hydrogen-bond acceptors (Lipinski definition) is 3. The maximum atomic E-state index is 12.4. The highest BCUT2D eigenvalue weighted by molar-refractivity contribution is 6.07. The number of amides is 3. The molecule has 0 aliphatic carbocycles. The van der Waals surface area contributed by atoms with Gasteiger partial charge < -0.3 is 5.32 Å². The van der Waals surface area contributed by atoms with Gasteiger partial charge in [-0.3, -0.25) is 14.5 Å². The van der Waals surface area contributed by atoms with E-state index in [1.54, 1.807) is 19.1 Å². The zero-order chi connectivity index (χ0) is 14.0. The van der Waals surface area contributed by atoms with Crippen molar-refractivity contribution in [1.29, 1.82) is 0 Å². The van der Waals surface area contributed by atoms with Gasteiger partial charge in [0.05, 0.1) is 0 Å². The van der Waals surface area contributed by atoms with E-state index in [4.69, 9.17) is 0 Å². The molecule has 100 valence electrons. The summed E-state index contributed by atoms with van der Waals surface area (Å²) in [6.45, 7) is 3.24. The second-order valence-electron chi connectivity index (χ2n) is 4.83. The Morgan fingerprint density at radius 2 is 1.89 bits per heavy atom. The monoisotopic (exact) mass is 260 g/mol. The SMILES string of the molecule is CC(=O)CCN1C(=O)N[C@@](C)(c2ccccc2)C1=O. The lowest BCUT2D eigenvalue weighted by molar-refractivity contribution is -0.131. The van der Waals surface area contributed by atoms with E-state index < -0.39 is 11.6 Å². The van der Waals surface area contributed by atoms with Gasteiger partial charge >= 0.3 is 6.03 Å². The van der Waals surface area contributed by atoms with Crippen LogP contribution in [0.3, 0.4) is 0 Å². The Morgan fingerprint density at radius 1 is 1.26 bits per heavy atom. The van der Waals surface area contributed by atoms with Crippen LogP contribution in [0.25, 0.3) is 0 Å². The fourth-order valence-corrected chi connectivity index (χ4v) is 2.14. The molecule has 3 amide bonds. The van der Waals surface area contributed by atoms with Crippen LogP contribution in [-0.2, 0) is 15.1 Å². The van der Waals surface area contributed by atoms with E-state index in [0.717, 1.165) is 10.5 Å². The number of carbonyl (C=O) groups excluding carboxylic acids is 3. The van der Waals surface area contributed by atoms with E-state index >= 15 is 0 Å². The second kappa shape index (κ2) is 4.84. The van der Waals surface area contributed by atoms with Crippen LogP contribution in [0, 0.1) is 0 Å². The summed E-state index contributed by atoms with van der Waals surface area (Å²) in [7, 11) is 0. The van der Waals surface area contributed by atoms with E-state index in [9.17, 15) is 14.4 Å². The Morgan fingerprint density at radius 3 is 2.47 bits per heavy atom. The number of carbonyl (C=O) groups is 3. The number of imide groups is 1. The minimum atomic E-state index is -1.05. The molecule has 1 saturated heterocycles. The molecule has 1 atom stereocenters. The average Bonchev–Trinajstić information content (AvgIpc) is 2.60. The number of nitrogens with zero attached hydrogens (tertiary/aromatic N) is 1. The second-order valence-corrected chi connectivity index (χ2v) is 4.83. The molecule has 5 heteroatoms. The summed E-state index contributed by atoms with van der Waals surface area (Å²) < 4.78 is 0. The van der Waals surface area contributed by atoms with Gasteiger partial charge in [-0.05, 0) is 19.4 Å². The van der Waals surface area contributed by atoms with Gasteiger partial charge in [0.25, 0.3) is 5.91 Å². The highest BCUT2D eigenvalue weighted by Gasteiger charge is 2.48. The standard InChI is InChI=1S/C14H16N2O3/c1-10(17)8-9-16-12(18)14(2,15-13(16)19)11-6-4-3-5-7-11/h3-7H,8-9H2,1-2H3,(H,15,19)/t14-/m0/s1. The average molecular weight is 260 g/mol. The van der Waals surface area contributed by atoms with Gasteiger partial charge in [-0.15, -0.1) is 0 Å². The third-order valence-electron chi connectivity index (χ3n) is 3.31. The van der Waals surface area contributed by atoms with E-state index in [0.29, 0.717) is 0 Å². The molecule has 1 heterocycles. The van der Waals surface area contributed by atoms with Crippen molar-refractivity contribution in [2.24, 2.45) is 0 Å². The smallest absolute Gasteiger partial charge is 0.319 e. The zero-order valence-corrected chi connectivity index (χ0v) is 11.0. The Labute approximate surface area is 111 Å². The number of urea groups is 1. The molecule has 0 unspecified atom stereocenters. The highest BCUT2D eigenvalue weighted by Crippen LogP contribution is 2.28. The van der Waals surface area contributed by atoms with Crippen molar-refractivity contribution in [3.63, 3.8) is 0 Å². The van der Waals surface area contributed by atoms with E-state index in [1.165, 1.54) is 6.92 Å². The lowest BCUT2D eigenvalue weighted by atomic mass is 9.92. The number of Topliss-reactive ketones (excluding diaryl/α,β-unsaturated/α-hetero) is 1. The molecule has 1 aliphatic rings. The van der Waals surface area contributed by atoms with Gasteiger partial charge in [-0.1, -0.05) is 30.3 Å². The van der Waals surface area contributed by atoms with Crippen LogP contribution in [0.1, 0.15) is 25.8 Å². The minimum Gasteiger partial charge on any atom is -0.319 e. The molecule has 0 aromatic heterocycles. The Hall–Kier alpha value is -2.17. The molecule has 1 fully saturated rings. The van der Waals surface area contributed by atoms with E-state index in [-0.39, 0.29) is 24.7 Å². The van der Waals surface area contributed by atoms with Crippen LogP contribution in [0.4, 0.5) is 4.79 Å². The first-order valence-corrected chi connectivity index (χ1v) is 6.14. The third kappa shape index (κ3) is 2.36. The van der Waals surface area contributed by atoms with Gasteiger partial charge in [0.2, 0.25) is 0 Å². The summed E-state index contributed by atoms with van der Waals surface area (Å²) in [4.78, 5) is 36.3. The molecule has 19 heavy (non-hydrogen) atoms. The van der Waals surface area contributed by atoms with Crippen LogP contribution in [-0.4, -0.2) is 29.2 Å². The van der Waals surface area contributed by atoms with Crippen LogP contribution in [0.5, 0.6) is 0 Å². The molecular weight excluding hydrogens is 244 g/mol. The predicted molar refractivity (Wildman–Crippen MR) is 69.3 cm³/mol. The Balaban J connectivity index is 2.24. The first-order chi connectivity index (χ1) is 8.95. The van der Waals surface area contributed by atoms with Gasteiger partial charge in [-0.2, -0.15) is 0 Å². The molecule has 1 aromatic carbocycles. The lowest BCUT2D eigenvalue weighted by Crippen LogP contribution is -2.41. The van der Waals surface area contributed by atoms with Crippen molar-refractivity contribution in [2.45, 2.75) is 25.8 Å². The molecule has 1 aromatic rings. The summed E-state index contributed by atoms with van der Waals surface area (Å²) in [6.07, 6.45) is 0.185. The molecule has 2 rings (SSSR count). The molecule has 0 spiro atoms. The van der Waals surface area contributed by atoms with Crippen LogP contribution < -0.4 is 5.32 Å². The first-order valence-electron chi connectivity index (χ1n) is 6.14. The fraction of sp³-hybridized carbons (Fsp3) is 0.357. The van der Waals surface area contributed by atoms with Crippen LogP contribution in [0.15, 0.2) is 30.3 Å². The van der Waals surface area contributed by atoms with Crippen LogP contribution >= 0.6 is 0 Å². The summed E-state index contributed by atoms with van der Waals surface area (Å²) in [5.41, 5.74) is -0.312. The molecule has 0 radical (unpaired) electrons. The fourth-order valence-electron chi connectivity index (χ4n) is 2.14. The topological polar surface area (TPSA) is 66.5 Å². The summed E-state index contributed by atoms with van der Waals surface area (Å²) in [5.74, 6) is -0.362. The summed E-state index contributed by atoms with van der Waals surface area (Å²) in [5, 5.41) is 2.70. The number of nitrogens with one attached hydrogen (secondary N) is 1. The molecular formula is C14H16N2O3. The van der Waals surface area contributed by atoms with Crippen molar-refractivity contribution < 1.29 is 14.4 Å². The molecule has 1 aliphatic heterocycles. The quantitative estimate of drug-likeness (QED) is 0.833. The van der Waals surface area contributed by atoms with Crippen molar-refractivity contribution in [3.8, 4) is 0 Å². The lowest BCUT2D eigenvalue weighted by Gasteiger charge is -2.22. The maximum Gasteiger partial charge on any atom is 0.325 e. The summed E-state index contributed by atoms with van der Waals surface area (Å²) >= 11 is 0. The Bertz CT molecular complexity index is 527.